The average molecular weight is 256 g/mol. The largest absolute Gasteiger partial charge is 0.489 e. The summed E-state index contributed by atoms with van der Waals surface area (Å²) in [7, 11) is -2.35. The second-order valence-corrected chi connectivity index (χ2v) is 3.00. The summed E-state index contributed by atoms with van der Waals surface area (Å²) < 4.78 is 64.8. The lowest BCUT2D eigenvalue weighted by Crippen LogP contribution is -2.36. The molecule has 1 aromatic carbocycles. The first-order chi connectivity index (χ1) is 7.71. The van der Waals surface area contributed by atoms with Gasteiger partial charge in [0.05, 0.1) is 5.56 Å². The van der Waals surface area contributed by atoms with Gasteiger partial charge in [0.2, 0.25) is 0 Å². The van der Waals surface area contributed by atoms with Crippen molar-refractivity contribution in [3.63, 3.8) is 0 Å². The van der Waals surface area contributed by atoms with Crippen LogP contribution in [0.2, 0.25) is 0 Å². The maximum Gasteiger partial charge on any atom is 0.489 e. The molecule has 2 N–H and O–H groups in total. The Balaban J connectivity index is 3.20. The average Bonchev–Trinajstić information content (AvgIpc) is 2.14. The molecule has 0 fully saturated rings. The molecule has 0 aliphatic heterocycles. The SMILES string of the molecule is OB(O)c1ccc(OC(F)F)cc1C(F)(F)F. The van der Waals surface area contributed by atoms with Crippen LogP contribution >= 0.6 is 0 Å². The van der Waals surface area contributed by atoms with Gasteiger partial charge in [-0.1, -0.05) is 6.07 Å². The Hall–Kier alpha value is -1.35. The van der Waals surface area contributed by atoms with E-state index in [-0.39, 0.29) is 6.07 Å². The van der Waals surface area contributed by atoms with Gasteiger partial charge in [0.1, 0.15) is 5.75 Å². The third kappa shape index (κ3) is 3.57. The molecule has 17 heavy (non-hydrogen) atoms. The zero-order chi connectivity index (χ0) is 13.2. The summed E-state index contributed by atoms with van der Waals surface area (Å²) in [5, 5.41) is 17.4. The van der Waals surface area contributed by atoms with Gasteiger partial charge in [-0.2, -0.15) is 22.0 Å². The highest BCUT2D eigenvalue weighted by Crippen LogP contribution is 2.30. The van der Waals surface area contributed by atoms with Crippen molar-refractivity contribution in [1.82, 2.24) is 0 Å². The molecule has 0 aliphatic carbocycles. The molecular weight excluding hydrogens is 250 g/mol. The number of halogens is 5. The van der Waals surface area contributed by atoms with Crippen LogP contribution in [-0.4, -0.2) is 23.8 Å². The van der Waals surface area contributed by atoms with E-state index >= 15 is 0 Å². The molecule has 3 nitrogen and oxygen atoms in total. The summed E-state index contributed by atoms with van der Waals surface area (Å²) in [5.74, 6) is -0.711. The first kappa shape index (κ1) is 13.7. The lowest BCUT2D eigenvalue weighted by Gasteiger charge is -2.14. The predicted octanol–water partition coefficient (Wildman–Crippen LogP) is 0.987. The summed E-state index contributed by atoms with van der Waals surface area (Å²) in [6.07, 6.45) is -4.90. The highest BCUT2D eigenvalue weighted by Gasteiger charge is 2.36. The summed E-state index contributed by atoms with van der Waals surface area (Å²) in [4.78, 5) is 0. The molecule has 0 amide bonds. The van der Waals surface area contributed by atoms with Gasteiger partial charge in [-0.05, 0) is 17.6 Å². The topological polar surface area (TPSA) is 49.7 Å². The van der Waals surface area contributed by atoms with E-state index in [1.165, 1.54) is 0 Å². The minimum Gasteiger partial charge on any atom is -0.435 e. The Bertz CT molecular complexity index is 393. The number of ether oxygens (including phenoxy) is 1. The Labute approximate surface area is 92.6 Å². The standard InChI is InChI=1S/C8H6BF5O3/c10-7(11)17-4-1-2-6(9(15)16)5(3-4)8(12,13)14/h1-3,7,15-16H. The minimum atomic E-state index is -4.90. The molecule has 0 saturated carbocycles. The van der Waals surface area contributed by atoms with Crippen LogP contribution < -0.4 is 10.2 Å². The van der Waals surface area contributed by atoms with Crippen molar-refractivity contribution in [2.24, 2.45) is 0 Å². The van der Waals surface area contributed by atoms with Gasteiger partial charge in [-0.15, -0.1) is 0 Å². The van der Waals surface area contributed by atoms with Crippen molar-refractivity contribution in [3.05, 3.63) is 23.8 Å². The smallest absolute Gasteiger partial charge is 0.435 e. The van der Waals surface area contributed by atoms with Gasteiger partial charge in [0, 0.05) is 0 Å². The zero-order valence-corrected chi connectivity index (χ0v) is 8.08. The van der Waals surface area contributed by atoms with Crippen LogP contribution in [0.3, 0.4) is 0 Å². The second-order valence-electron chi connectivity index (χ2n) is 3.00. The van der Waals surface area contributed by atoms with Crippen molar-refractivity contribution in [2.45, 2.75) is 12.8 Å². The lowest BCUT2D eigenvalue weighted by atomic mass is 9.77. The molecule has 0 bridgehead atoms. The highest BCUT2D eigenvalue weighted by molar-refractivity contribution is 6.59. The van der Waals surface area contributed by atoms with Crippen LogP contribution in [0.25, 0.3) is 0 Å². The van der Waals surface area contributed by atoms with E-state index in [0.717, 1.165) is 6.07 Å². The van der Waals surface area contributed by atoms with E-state index in [9.17, 15) is 22.0 Å². The molecule has 0 heterocycles. The van der Waals surface area contributed by atoms with Crippen LogP contribution in [0.15, 0.2) is 18.2 Å². The summed E-state index contributed by atoms with van der Waals surface area (Å²) in [6.45, 7) is -3.26. The summed E-state index contributed by atoms with van der Waals surface area (Å²) in [6, 6.07) is 1.72. The Morgan fingerprint density at radius 3 is 2.18 bits per heavy atom. The predicted molar refractivity (Wildman–Crippen MR) is 47.9 cm³/mol. The van der Waals surface area contributed by atoms with E-state index in [0.29, 0.717) is 6.07 Å². The normalized spacial score (nSPS) is 11.8. The zero-order valence-electron chi connectivity index (χ0n) is 8.08. The molecular formula is C8H6BF5O3. The van der Waals surface area contributed by atoms with Gasteiger partial charge < -0.3 is 14.8 Å². The monoisotopic (exact) mass is 256 g/mol. The molecule has 94 valence electrons. The van der Waals surface area contributed by atoms with Crippen molar-refractivity contribution in [3.8, 4) is 5.75 Å². The summed E-state index contributed by atoms with van der Waals surface area (Å²) in [5.41, 5.74) is -2.27. The van der Waals surface area contributed by atoms with Gasteiger partial charge in [0.15, 0.2) is 0 Å². The molecule has 1 aromatic rings. The minimum absolute atomic E-state index is 0.279. The molecule has 0 aliphatic rings. The fraction of sp³-hybridized carbons (Fsp3) is 0.250. The molecule has 0 spiro atoms. The second kappa shape index (κ2) is 4.88. The molecule has 0 saturated heterocycles. The van der Waals surface area contributed by atoms with E-state index in [4.69, 9.17) is 10.0 Å². The number of hydrogen-bond acceptors (Lipinski definition) is 3. The molecule has 0 unspecified atom stereocenters. The van der Waals surface area contributed by atoms with Crippen LogP contribution in [0.1, 0.15) is 5.56 Å². The van der Waals surface area contributed by atoms with E-state index in [1.54, 1.807) is 0 Å². The van der Waals surface area contributed by atoms with Crippen LogP contribution in [0.4, 0.5) is 22.0 Å². The number of rotatable bonds is 3. The van der Waals surface area contributed by atoms with E-state index in [1.807, 2.05) is 0 Å². The number of benzene rings is 1. The Morgan fingerprint density at radius 1 is 1.18 bits per heavy atom. The van der Waals surface area contributed by atoms with E-state index in [2.05, 4.69) is 4.74 Å². The van der Waals surface area contributed by atoms with Gasteiger partial charge >= 0.3 is 19.9 Å². The van der Waals surface area contributed by atoms with Crippen LogP contribution in [0, 0.1) is 0 Å². The molecule has 9 heteroatoms. The van der Waals surface area contributed by atoms with Crippen molar-refractivity contribution in [1.29, 1.82) is 0 Å². The van der Waals surface area contributed by atoms with Gasteiger partial charge in [0.25, 0.3) is 0 Å². The highest BCUT2D eigenvalue weighted by atomic mass is 19.4. The van der Waals surface area contributed by atoms with Crippen molar-refractivity contribution < 1.29 is 36.7 Å². The lowest BCUT2D eigenvalue weighted by molar-refractivity contribution is -0.137. The van der Waals surface area contributed by atoms with Crippen LogP contribution in [0.5, 0.6) is 5.75 Å². The van der Waals surface area contributed by atoms with Crippen molar-refractivity contribution >= 4 is 12.6 Å². The van der Waals surface area contributed by atoms with Gasteiger partial charge in [-0.25, -0.2) is 0 Å². The Kier molecular flexibility index (Phi) is 3.94. The number of alkyl halides is 5. The van der Waals surface area contributed by atoms with E-state index < -0.39 is 36.7 Å². The Morgan fingerprint density at radius 2 is 1.76 bits per heavy atom. The first-order valence-electron chi connectivity index (χ1n) is 4.24. The molecule has 0 aromatic heterocycles. The quantitative estimate of drug-likeness (QED) is 0.626. The maximum absolute atomic E-state index is 12.5. The molecule has 0 atom stereocenters. The molecule has 1 rings (SSSR count). The fourth-order valence-corrected chi connectivity index (χ4v) is 1.18. The van der Waals surface area contributed by atoms with Crippen molar-refractivity contribution in [2.75, 3.05) is 0 Å². The maximum atomic E-state index is 12.5. The third-order valence-electron chi connectivity index (χ3n) is 1.83. The molecule has 0 radical (unpaired) electrons. The van der Waals surface area contributed by atoms with Gasteiger partial charge in [-0.3, -0.25) is 0 Å². The third-order valence-corrected chi connectivity index (χ3v) is 1.83. The van der Waals surface area contributed by atoms with Crippen LogP contribution in [-0.2, 0) is 6.18 Å². The first-order valence-corrected chi connectivity index (χ1v) is 4.24. The summed E-state index contributed by atoms with van der Waals surface area (Å²) >= 11 is 0. The fourth-order valence-electron chi connectivity index (χ4n) is 1.18. The number of hydrogen-bond donors (Lipinski definition) is 2.